The fourth-order valence-corrected chi connectivity index (χ4v) is 2.65. The number of carbonyl (C=O) groups excluding carboxylic acids is 2. The minimum absolute atomic E-state index is 0.0808. The normalized spacial score (nSPS) is 12.7. The fourth-order valence-electron chi connectivity index (χ4n) is 2.65. The minimum Gasteiger partial charge on any atom is -0.465 e. The summed E-state index contributed by atoms with van der Waals surface area (Å²) in [6.07, 6.45) is 4.65. The highest BCUT2D eigenvalue weighted by atomic mass is 16.5. The largest absolute Gasteiger partial charge is 0.465 e. The quantitative estimate of drug-likeness (QED) is 0.847. The molecule has 1 aliphatic rings. The van der Waals surface area contributed by atoms with Crippen molar-refractivity contribution in [3.05, 3.63) is 41.1 Å². The summed E-state index contributed by atoms with van der Waals surface area (Å²) in [6.45, 7) is 1.96. The second-order valence-electron chi connectivity index (χ2n) is 5.36. The summed E-state index contributed by atoms with van der Waals surface area (Å²) < 4.78 is 4.82. The molecule has 23 heavy (non-hydrogen) atoms. The average molecular weight is 314 g/mol. The van der Waals surface area contributed by atoms with Gasteiger partial charge < -0.3 is 10.1 Å². The predicted molar refractivity (Wildman–Crippen MR) is 83.1 cm³/mol. The number of hydrogen-bond acceptors (Lipinski definition) is 5. The second-order valence-corrected chi connectivity index (χ2v) is 5.36. The summed E-state index contributed by atoms with van der Waals surface area (Å²) in [4.78, 5) is 24.8. The fraction of sp³-hybridized carbons (Fsp3) is 0.375. The lowest BCUT2D eigenvalue weighted by molar-refractivity contribution is -0.144. The van der Waals surface area contributed by atoms with E-state index >= 15 is 0 Å². The Hall–Kier alpha value is -2.70. The molecule has 0 radical (unpaired) electrons. The SMILES string of the molecule is CCOC(=O)Cn1ncc(NC(=O)c2ccc3c(c2)CCC3)n1. The molecule has 0 atom stereocenters. The van der Waals surface area contributed by atoms with Crippen LogP contribution < -0.4 is 5.32 Å². The molecule has 1 N–H and O–H groups in total. The standard InChI is InChI=1S/C16H18N4O3/c1-2-23-15(21)10-20-17-9-14(19-20)18-16(22)13-7-6-11-4-3-5-12(11)8-13/h6-9H,2-5,10H2,1H3,(H,18,19,22). The molecule has 120 valence electrons. The molecule has 0 bridgehead atoms. The minimum atomic E-state index is -0.417. The highest BCUT2D eigenvalue weighted by Crippen LogP contribution is 2.23. The molecule has 0 unspecified atom stereocenters. The van der Waals surface area contributed by atoms with Crippen LogP contribution in [0.15, 0.2) is 24.4 Å². The number of amides is 1. The predicted octanol–water partition coefficient (Wildman–Crippen LogP) is 1.58. The van der Waals surface area contributed by atoms with Gasteiger partial charge in [-0.3, -0.25) is 4.79 Å². The zero-order valence-electron chi connectivity index (χ0n) is 12.9. The maximum atomic E-state index is 12.3. The van der Waals surface area contributed by atoms with Crippen LogP contribution in [0.1, 0.15) is 34.8 Å². The number of nitrogens with one attached hydrogen (secondary N) is 1. The van der Waals surface area contributed by atoms with Gasteiger partial charge in [0.25, 0.3) is 5.91 Å². The van der Waals surface area contributed by atoms with Crippen molar-refractivity contribution in [2.45, 2.75) is 32.7 Å². The first kappa shape index (κ1) is 15.2. The summed E-state index contributed by atoms with van der Waals surface area (Å²) in [7, 11) is 0. The topological polar surface area (TPSA) is 86.1 Å². The van der Waals surface area contributed by atoms with Gasteiger partial charge in [0, 0.05) is 5.56 Å². The van der Waals surface area contributed by atoms with Crippen LogP contribution in [0, 0.1) is 0 Å². The van der Waals surface area contributed by atoms with Crippen molar-refractivity contribution >= 4 is 17.7 Å². The lowest BCUT2D eigenvalue weighted by Crippen LogP contribution is -2.16. The number of aryl methyl sites for hydroxylation is 2. The van der Waals surface area contributed by atoms with E-state index in [9.17, 15) is 9.59 Å². The van der Waals surface area contributed by atoms with Gasteiger partial charge in [0.15, 0.2) is 12.4 Å². The Labute approximate surface area is 133 Å². The molecular weight excluding hydrogens is 296 g/mol. The zero-order valence-corrected chi connectivity index (χ0v) is 12.9. The smallest absolute Gasteiger partial charge is 0.329 e. The molecule has 0 fully saturated rings. The summed E-state index contributed by atoms with van der Waals surface area (Å²) in [5, 5.41) is 10.7. The second kappa shape index (κ2) is 6.60. The number of hydrogen-bond donors (Lipinski definition) is 1. The third-order valence-electron chi connectivity index (χ3n) is 3.71. The van der Waals surface area contributed by atoms with Gasteiger partial charge >= 0.3 is 5.97 Å². The zero-order chi connectivity index (χ0) is 16.2. The molecule has 7 nitrogen and oxygen atoms in total. The lowest BCUT2D eigenvalue weighted by Gasteiger charge is -2.04. The summed E-state index contributed by atoms with van der Waals surface area (Å²) in [5.74, 6) is -0.345. The number of esters is 1. The van der Waals surface area contributed by atoms with E-state index in [-0.39, 0.29) is 12.5 Å². The number of rotatable bonds is 5. The molecular formula is C16H18N4O3. The first-order valence-electron chi connectivity index (χ1n) is 7.64. The van der Waals surface area contributed by atoms with Crippen LogP contribution in [0.25, 0.3) is 0 Å². The van der Waals surface area contributed by atoms with Crippen molar-refractivity contribution in [2.75, 3.05) is 11.9 Å². The number of benzene rings is 1. The molecule has 0 aliphatic heterocycles. The van der Waals surface area contributed by atoms with E-state index in [0.29, 0.717) is 18.0 Å². The van der Waals surface area contributed by atoms with Gasteiger partial charge in [-0.2, -0.15) is 9.90 Å². The Balaban J connectivity index is 1.64. The first-order chi connectivity index (χ1) is 11.2. The summed E-state index contributed by atoms with van der Waals surface area (Å²) in [5.41, 5.74) is 3.16. The van der Waals surface area contributed by atoms with Crippen LogP contribution in [-0.2, 0) is 28.9 Å². The van der Waals surface area contributed by atoms with E-state index in [1.54, 1.807) is 6.92 Å². The van der Waals surface area contributed by atoms with Gasteiger partial charge in [-0.1, -0.05) is 6.07 Å². The Bertz CT molecular complexity index is 739. The molecule has 1 aromatic carbocycles. The third kappa shape index (κ3) is 3.56. The molecule has 1 aromatic heterocycles. The van der Waals surface area contributed by atoms with Crippen LogP contribution in [0.5, 0.6) is 0 Å². The van der Waals surface area contributed by atoms with Gasteiger partial charge in [0.05, 0.1) is 12.8 Å². The number of anilines is 1. The molecule has 0 saturated carbocycles. The summed E-state index contributed by atoms with van der Waals surface area (Å²) >= 11 is 0. The number of aromatic nitrogens is 3. The Morgan fingerprint density at radius 3 is 2.96 bits per heavy atom. The molecule has 1 amide bonds. The van der Waals surface area contributed by atoms with E-state index in [1.807, 2.05) is 18.2 Å². The van der Waals surface area contributed by atoms with Gasteiger partial charge in [0.2, 0.25) is 0 Å². The number of ether oxygens (including phenoxy) is 1. The molecule has 1 aliphatic carbocycles. The van der Waals surface area contributed by atoms with Crippen molar-refractivity contribution in [1.29, 1.82) is 0 Å². The summed E-state index contributed by atoms with van der Waals surface area (Å²) in [6, 6.07) is 5.76. The van der Waals surface area contributed by atoms with E-state index in [2.05, 4.69) is 15.5 Å². The Morgan fingerprint density at radius 1 is 1.30 bits per heavy atom. The van der Waals surface area contributed by atoms with Crippen molar-refractivity contribution in [2.24, 2.45) is 0 Å². The van der Waals surface area contributed by atoms with E-state index < -0.39 is 5.97 Å². The number of carbonyl (C=O) groups is 2. The maximum absolute atomic E-state index is 12.3. The van der Waals surface area contributed by atoms with E-state index in [1.165, 1.54) is 22.1 Å². The Morgan fingerprint density at radius 2 is 2.13 bits per heavy atom. The van der Waals surface area contributed by atoms with Gasteiger partial charge in [-0.25, -0.2) is 4.79 Å². The van der Waals surface area contributed by atoms with Gasteiger partial charge in [0.1, 0.15) is 0 Å². The monoisotopic (exact) mass is 314 g/mol. The number of nitrogens with zero attached hydrogens (tertiary/aromatic N) is 3. The number of fused-ring (bicyclic) bond motifs is 1. The molecule has 2 aromatic rings. The van der Waals surface area contributed by atoms with E-state index in [0.717, 1.165) is 19.3 Å². The van der Waals surface area contributed by atoms with Crippen molar-refractivity contribution < 1.29 is 14.3 Å². The van der Waals surface area contributed by atoms with Crippen LogP contribution in [0.4, 0.5) is 5.82 Å². The van der Waals surface area contributed by atoms with Gasteiger partial charge in [-0.15, -0.1) is 5.10 Å². The van der Waals surface area contributed by atoms with E-state index in [4.69, 9.17) is 4.74 Å². The lowest BCUT2D eigenvalue weighted by atomic mass is 10.1. The average Bonchev–Trinajstić information content (AvgIpc) is 3.15. The van der Waals surface area contributed by atoms with Crippen molar-refractivity contribution in [1.82, 2.24) is 15.0 Å². The molecule has 1 heterocycles. The third-order valence-corrected chi connectivity index (χ3v) is 3.71. The molecule has 7 heteroatoms. The Kier molecular flexibility index (Phi) is 4.36. The highest BCUT2D eigenvalue weighted by molar-refractivity contribution is 6.03. The molecule has 3 rings (SSSR count). The van der Waals surface area contributed by atoms with Crippen molar-refractivity contribution in [3.63, 3.8) is 0 Å². The first-order valence-corrected chi connectivity index (χ1v) is 7.64. The van der Waals surface area contributed by atoms with Crippen LogP contribution in [-0.4, -0.2) is 33.5 Å². The molecule has 0 saturated heterocycles. The van der Waals surface area contributed by atoms with Crippen molar-refractivity contribution in [3.8, 4) is 0 Å². The maximum Gasteiger partial charge on any atom is 0.329 e. The van der Waals surface area contributed by atoms with Gasteiger partial charge in [-0.05, 0) is 49.4 Å². The molecule has 0 spiro atoms. The van der Waals surface area contributed by atoms with Crippen LogP contribution in [0.3, 0.4) is 0 Å². The highest BCUT2D eigenvalue weighted by Gasteiger charge is 2.15. The van der Waals surface area contributed by atoms with Crippen LogP contribution in [0.2, 0.25) is 0 Å². The van der Waals surface area contributed by atoms with Crippen LogP contribution >= 0.6 is 0 Å².